The molecule has 63 valence electrons. The van der Waals surface area contributed by atoms with Crippen molar-refractivity contribution < 1.29 is 5.11 Å². The van der Waals surface area contributed by atoms with Gasteiger partial charge in [-0.15, -0.1) is 0 Å². The van der Waals surface area contributed by atoms with E-state index in [0.717, 1.165) is 5.56 Å². The Morgan fingerprint density at radius 2 is 2.33 bits per heavy atom. The molecule has 0 heterocycles. The van der Waals surface area contributed by atoms with Gasteiger partial charge < -0.3 is 5.11 Å². The van der Waals surface area contributed by atoms with Gasteiger partial charge in [0, 0.05) is 6.42 Å². The first kappa shape index (κ1) is 9.01. The highest BCUT2D eigenvalue weighted by atomic mass is 16.3. The number of aliphatic hydroxyl groups is 1. The van der Waals surface area contributed by atoms with Crippen LogP contribution in [0.3, 0.4) is 0 Å². The van der Waals surface area contributed by atoms with Crippen LogP contribution in [-0.4, -0.2) is 11.2 Å². The van der Waals surface area contributed by atoms with E-state index in [4.69, 9.17) is 6.58 Å². The Bertz CT molecular complexity index is 265. The minimum Gasteiger partial charge on any atom is -0.389 e. The van der Waals surface area contributed by atoms with Gasteiger partial charge in [0.1, 0.15) is 0 Å². The molecule has 0 aliphatic carbocycles. The van der Waals surface area contributed by atoms with Crippen molar-refractivity contribution in [3.8, 4) is 0 Å². The van der Waals surface area contributed by atoms with Crippen LogP contribution in [0.15, 0.2) is 30.3 Å². The van der Waals surface area contributed by atoms with Crippen molar-refractivity contribution in [1.82, 2.24) is 0 Å². The molecule has 1 N–H and O–H groups in total. The lowest BCUT2D eigenvalue weighted by molar-refractivity contribution is 0.224. The van der Waals surface area contributed by atoms with Crippen LogP contribution in [0.25, 0.3) is 0 Å². The van der Waals surface area contributed by atoms with Crippen LogP contribution in [0, 0.1) is 13.5 Å². The number of aliphatic hydroxyl groups excluding tert-OH is 1. The van der Waals surface area contributed by atoms with Gasteiger partial charge in [-0.25, -0.2) is 0 Å². The molecule has 0 saturated carbocycles. The zero-order valence-electron chi connectivity index (χ0n) is 7.20. The van der Waals surface area contributed by atoms with Crippen LogP contribution in [-0.2, 0) is 6.42 Å². The third kappa shape index (κ3) is 2.51. The molecular weight excluding hydrogens is 148 g/mol. The predicted octanol–water partition coefficient (Wildman–Crippen LogP) is 1.89. The minimum absolute atomic E-state index is 0.535. The molecule has 0 aliphatic heterocycles. The lowest BCUT2D eigenvalue weighted by Crippen LogP contribution is -2.05. The molecule has 1 aromatic rings. The van der Waals surface area contributed by atoms with E-state index in [1.165, 1.54) is 11.6 Å². The highest BCUT2D eigenvalue weighted by molar-refractivity contribution is 5.23. The molecular formula is C11H13O. The maximum Gasteiger partial charge on any atom is 0.0764 e. The Balaban J connectivity index is 2.69. The molecule has 1 rings (SSSR count). The van der Waals surface area contributed by atoms with Crippen LogP contribution >= 0.6 is 0 Å². The summed E-state index contributed by atoms with van der Waals surface area (Å²) in [6, 6.07) is 8.04. The topological polar surface area (TPSA) is 20.2 Å². The summed E-state index contributed by atoms with van der Waals surface area (Å²) in [5, 5.41) is 9.22. The summed E-state index contributed by atoms with van der Waals surface area (Å²) in [6.45, 7) is 7.21. The summed E-state index contributed by atoms with van der Waals surface area (Å²) < 4.78 is 0. The van der Waals surface area contributed by atoms with Gasteiger partial charge in [-0.2, -0.15) is 0 Å². The Hall–Kier alpha value is -1.08. The summed E-state index contributed by atoms with van der Waals surface area (Å²) in [6.07, 6.45) is 1.37. The second-order valence-electron chi connectivity index (χ2n) is 2.95. The van der Waals surface area contributed by atoms with Crippen LogP contribution in [0.5, 0.6) is 0 Å². The van der Waals surface area contributed by atoms with Crippen LogP contribution in [0.2, 0.25) is 0 Å². The van der Waals surface area contributed by atoms with Crippen molar-refractivity contribution in [2.24, 2.45) is 0 Å². The minimum atomic E-state index is -0.535. The highest BCUT2D eigenvalue weighted by Gasteiger charge is 1.99. The molecule has 1 aromatic carbocycles. The van der Waals surface area contributed by atoms with Gasteiger partial charge in [-0.1, -0.05) is 42.5 Å². The molecule has 0 saturated heterocycles. The molecule has 0 unspecified atom stereocenters. The van der Waals surface area contributed by atoms with Crippen molar-refractivity contribution in [2.75, 3.05) is 0 Å². The molecule has 0 aliphatic rings. The number of hydrogen-bond acceptors (Lipinski definition) is 1. The number of hydrogen-bond donors (Lipinski definition) is 1. The quantitative estimate of drug-likeness (QED) is 0.717. The number of aryl methyl sites for hydroxylation is 1. The fraction of sp³-hybridized carbons (Fsp3) is 0.273. The monoisotopic (exact) mass is 161 g/mol. The van der Waals surface area contributed by atoms with Gasteiger partial charge in [0.25, 0.3) is 0 Å². The summed E-state index contributed by atoms with van der Waals surface area (Å²) in [5.41, 5.74) is 2.32. The van der Waals surface area contributed by atoms with Gasteiger partial charge >= 0.3 is 0 Å². The second-order valence-corrected chi connectivity index (χ2v) is 2.95. The van der Waals surface area contributed by atoms with E-state index in [2.05, 4.69) is 0 Å². The summed E-state index contributed by atoms with van der Waals surface area (Å²) in [5.74, 6) is 0. The van der Waals surface area contributed by atoms with Crippen molar-refractivity contribution >= 4 is 0 Å². The molecule has 0 spiro atoms. The van der Waals surface area contributed by atoms with Crippen LogP contribution in [0.1, 0.15) is 11.1 Å². The average Bonchev–Trinajstić information content (AvgIpc) is 2.04. The zero-order valence-corrected chi connectivity index (χ0v) is 7.20. The normalized spacial score (nSPS) is 12.5. The third-order valence-corrected chi connectivity index (χ3v) is 1.75. The predicted molar refractivity (Wildman–Crippen MR) is 49.8 cm³/mol. The lowest BCUT2D eigenvalue weighted by atomic mass is 10.1. The molecule has 0 amide bonds. The standard InChI is InChI=1S/C11H13O/c1-3-11(12)8-10-6-4-5-9(2)7-10/h1,3-7,11-12H,8H2,2H3/t11-/m1/s1. The van der Waals surface area contributed by atoms with Gasteiger partial charge in [0.2, 0.25) is 0 Å². The first-order chi connectivity index (χ1) is 5.72. The zero-order chi connectivity index (χ0) is 8.97. The van der Waals surface area contributed by atoms with Crippen molar-refractivity contribution in [2.45, 2.75) is 19.4 Å². The van der Waals surface area contributed by atoms with E-state index in [9.17, 15) is 5.11 Å². The van der Waals surface area contributed by atoms with E-state index in [1.807, 2.05) is 31.2 Å². The molecule has 1 radical (unpaired) electrons. The molecule has 0 aromatic heterocycles. The van der Waals surface area contributed by atoms with Gasteiger partial charge in [-0.05, 0) is 12.5 Å². The number of benzene rings is 1. The first-order valence-electron chi connectivity index (χ1n) is 4.01. The maximum absolute atomic E-state index is 9.22. The second kappa shape index (κ2) is 4.07. The molecule has 12 heavy (non-hydrogen) atoms. The molecule has 1 atom stereocenters. The Labute approximate surface area is 73.4 Å². The Kier molecular flexibility index (Phi) is 3.06. The first-order valence-corrected chi connectivity index (χ1v) is 4.01. The van der Waals surface area contributed by atoms with E-state index in [1.54, 1.807) is 0 Å². The van der Waals surface area contributed by atoms with Crippen molar-refractivity contribution in [1.29, 1.82) is 0 Å². The summed E-state index contributed by atoms with van der Waals surface area (Å²) in [4.78, 5) is 0. The Morgan fingerprint density at radius 3 is 2.92 bits per heavy atom. The lowest BCUT2D eigenvalue weighted by Gasteiger charge is -2.05. The van der Waals surface area contributed by atoms with Gasteiger partial charge in [-0.3, -0.25) is 0 Å². The number of rotatable bonds is 3. The Morgan fingerprint density at radius 1 is 1.58 bits per heavy atom. The van der Waals surface area contributed by atoms with Crippen LogP contribution < -0.4 is 0 Å². The molecule has 0 bridgehead atoms. The molecule has 1 heteroatoms. The van der Waals surface area contributed by atoms with Crippen molar-refractivity contribution in [3.63, 3.8) is 0 Å². The van der Waals surface area contributed by atoms with Gasteiger partial charge in [0.15, 0.2) is 0 Å². The van der Waals surface area contributed by atoms with E-state index in [0.29, 0.717) is 6.42 Å². The third-order valence-electron chi connectivity index (χ3n) is 1.75. The summed E-state index contributed by atoms with van der Waals surface area (Å²) >= 11 is 0. The van der Waals surface area contributed by atoms with Crippen LogP contribution in [0.4, 0.5) is 0 Å². The average molecular weight is 161 g/mol. The van der Waals surface area contributed by atoms with E-state index >= 15 is 0 Å². The maximum atomic E-state index is 9.22. The SMILES string of the molecule is [CH]=C[C@@H](O)Cc1cccc(C)c1. The highest BCUT2D eigenvalue weighted by Crippen LogP contribution is 2.06. The molecule has 1 nitrogen and oxygen atoms in total. The van der Waals surface area contributed by atoms with E-state index in [-0.39, 0.29) is 0 Å². The fourth-order valence-corrected chi connectivity index (χ4v) is 1.15. The van der Waals surface area contributed by atoms with Crippen molar-refractivity contribution in [3.05, 3.63) is 48.0 Å². The smallest absolute Gasteiger partial charge is 0.0764 e. The molecule has 0 fully saturated rings. The van der Waals surface area contributed by atoms with E-state index < -0.39 is 6.10 Å². The van der Waals surface area contributed by atoms with Gasteiger partial charge in [0.05, 0.1) is 6.10 Å². The fourth-order valence-electron chi connectivity index (χ4n) is 1.15. The summed E-state index contributed by atoms with van der Waals surface area (Å²) in [7, 11) is 0. The largest absolute Gasteiger partial charge is 0.389 e.